The zero-order valence-corrected chi connectivity index (χ0v) is 9.11. The normalized spacial score (nSPS) is 23.9. The van der Waals surface area contributed by atoms with Gasteiger partial charge in [-0.2, -0.15) is 4.31 Å². The number of rotatable bonds is 4. The molecule has 2 N–H and O–H groups in total. The quantitative estimate of drug-likeness (QED) is 0.670. The number of hydrogen-bond donors (Lipinski definition) is 2. The van der Waals surface area contributed by atoms with Crippen LogP contribution in [0.4, 0.5) is 0 Å². The Bertz CT molecular complexity index is 326. The molecule has 1 aliphatic rings. The summed E-state index contributed by atoms with van der Waals surface area (Å²) >= 11 is 0. The lowest BCUT2D eigenvalue weighted by Gasteiger charge is -2.32. The van der Waals surface area contributed by atoms with Gasteiger partial charge in [-0.3, -0.25) is 4.79 Å². The van der Waals surface area contributed by atoms with Crippen molar-refractivity contribution in [1.82, 2.24) is 4.31 Å². The van der Waals surface area contributed by atoms with Gasteiger partial charge in [0.05, 0.1) is 6.61 Å². The van der Waals surface area contributed by atoms with Gasteiger partial charge in [0.2, 0.25) is 10.0 Å². The van der Waals surface area contributed by atoms with Crippen molar-refractivity contribution in [2.75, 3.05) is 18.9 Å². The van der Waals surface area contributed by atoms with Crippen LogP contribution >= 0.6 is 0 Å². The van der Waals surface area contributed by atoms with Crippen LogP contribution in [0.2, 0.25) is 0 Å². The predicted octanol–water partition coefficient (Wildman–Crippen LogP) is -0.752. The number of hydrogen-bond acceptors (Lipinski definition) is 4. The van der Waals surface area contributed by atoms with E-state index in [1.165, 1.54) is 0 Å². The summed E-state index contributed by atoms with van der Waals surface area (Å²) in [5.41, 5.74) is 0. The maximum Gasteiger partial charge on any atom is 0.320 e. The van der Waals surface area contributed by atoms with Gasteiger partial charge < -0.3 is 10.2 Å². The number of aliphatic hydroxyl groups is 1. The molecule has 1 aliphatic heterocycles. The Morgan fingerprint density at radius 1 is 1.40 bits per heavy atom. The Morgan fingerprint density at radius 2 is 2.07 bits per heavy atom. The molecule has 0 saturated carbocycles. The molecule has 1 atom stereocenters. The molecule has 0 radical (unpaired) electrons. The Labute approximate surface area is 88.6 Å². The van der Waals surface area contributed by atoms with E-state index < -0.39 is 27.8 Å². The highest BCUT2D eigenvalue weighted by molar-refractivity contribution is 7.89. The highest BCUT2D eigenvalue weighted by Gasteiger charge is 2.33. The van der Waals surface area contributed by atoms with Crippen molar-refractivity contribution >= 4 is 16.0 Å². The zero-order chi connectivity index (χ0) is 11.5. The molecule has 0 aromatic heterocycles. The molecule has 0 aromatic carbocycles. The summed E-state index contributed by atoms with van der Waals surface area (Å²) in [5, 5.41) is 17.5. The number of aliphatic hydroxyl groups excluding tert-OH is 1. The van der Waals surface area contributed by atoms with Crippen LogP contribution in [0.25, 0.3) is 0 Å². The zero-order valence-electron chi connectivity index (χ0n) is 8.29. The smallest absolute Gasteiger partial charge is 0.320 e. The summed E-state index contributed by atoms with van der Waals surface area (Å²) in [5.74, 6) is -2.26. The van der Waals surface area contributed by atoms with E-state index in [9.17, 15) is 13.2 Å². The number of carboxylic acids is 1. The fourth-order valence-electron chi connectivity index (χ4n) is 1.76. The van der Waals surface area contributed by atoms with Crippen LogP contribution in [0.5, 0.6) is 0 Å². The molecule has 0 amide bonds. The monoisotopic (exact) mass is 237 g/mol. The second kappa shape index (κ2) is 4.91. The van der Waals surface area contributed by atoms with E-state index in [0.29, 0.717) is 13.0 Å². The predicted molar refractivity (Wildman–Crippen MR) is 52.9 cm³/mol. The van der Waals surface area contributed by atoms with Gasteiger partial charge in [-0.15, -0.1) is 0 Å². The van der Waals surface area contributed by atoms with Gasteiger partial charge in [-0.25, -0.2) is 8.42 Å². The van der Waals surface area contributed by atoms with Crippen molar-refractivity contribution < 1.29 is 23.4 Å². The van der Waals surface area contributed by atoms with Crippen molar-refractivity contribution in [1.29, 1.82) is 0 Å². The Balaban J connectivity index is 2.79. The SMILES string of the molecule is O=C(O)CS(=O)(=O)N1CCCCC1CO. The highest BCUT2D eigenvalue weighted by atomic mass is 32.2. The Kier molecular flexibility index (Phi) is 4.06. The summed E-state index contributed by atoms with van der Waals surface area (Å²) in [6.07, 6.45) is 2.18. The lowest BCUT2D eigenvalue weighted by Crippen LogP contribution is -2.47. The molecular formula is C8H15NO5S. The number of nitrogens with zero attached hydrogens (tertiary/aromatic N) is 1. The van der Waals surface area contributed by atoms with Crippen LogP contribution in [0.15, 0.2) is 0 Å². The summed E-state index contributed by atoms with van der Waals surface area (Å²) in [7, 11) is -3.77. The van der Waals surface area contributed by atoms with E-state index in [1.807, 2.05) is 0 Å². The second-order valence-corrected chi connectivity index (χ2v) is 5.51. The lowest BCUT2D eigenvalue weighted by molar-refractivity contribution is -0.134. The first-order valence-corrected chi connectivity index (χ1v) is 6.40. The third-order valence-corrected chi connectivity index (χ3v) is 4.25. The molecular weight excluding hydrogens is 222 g/mol. The number of carbonyl (C=O) groups is 1. The number of aliphatic carboxylic acids is 1. The van der Waals surface area contributed by atoms with Gasteiger partial charge in [0.15, 0.2) is 5.75 Å². The third kappa shape index (κ3) is 3.15. The van der Waals surface area contributed by atoms with Crippen LogP contribution in [-0.4, -0.2) is 53.9 Å². The summed E-state index contributed by atoms with van der Waals surface area (Å²) in [4.78, 5) is 10.4. The third-order valence-electron chi connectivity index (χ3n) is 2.45. The maximum atomic E-state index is 11.6. The standard InChI is InChI=1S/C8H15NO5S/c10-5-7-3-1-2-4-9(7)15(13,14)6-8(11)12/h7,10H,1-6H2,(H,11,12). The summed E-state index contributed by atoms with van der Waals surface area (Å²) in [6.45, 7) is 0.0552. The fraction of sp³-hybridized carbons (Fsp3) is 0.875. The van der Waals surface area contributed by atoms with E-state index in [-0.39, 0.29) is 6.61 Å². The van der Waals surface area contributed by atoms with Gasteiger partial charge in [0, 0.05) is 12.6 Å². The van der Waals surface area contributed by atoms with Crippen LogP contribution in [-0.2, 0) is 14.8 Å². The molecule has 1 unspecified atom stereocenters. The second-order valence-electron chi connectivity index (χ2n) is 3.59. The van der Waals surface area contributed by atoms with E-state index in [1.54, 1.807) is 0 Å². The van der Waals surface area contributed by atoms with Crippen molar-refractivity contribution in [3.63, 3.8) is 0 Å². The van der Waals surface area contributed by atoms with Crippen LogP contribution < -0.4 is 0 Å². The maximum absolute atomic E-state index is 11.6. The van der Waals surface area contributed by atoms with Gasteiger partial charge >= 0.3 is 5.97 Å². The summed E-state index contributed by atoms with van der Waals surface area (Å²) in [6, 6.07) is -0.455. The Hall–Kier alpha value is -0.660. The van der Waals surface area contributed by atoms with Gasteiger partial charge in [0.1, 0.15) is 0 Å². The van der Waals surface area contributed by atoms with Crippen LogP contribution in [0.3, 0.4) is 0 Å². The largest absolute Gasteiger partial charge is 0.480 e. The van der Waals surface area contributed by atoms with Gasteiger partial charge in [0.25, 0.3) is 0 Å². The molecule has 0 aromatic rings. The van der Waals surface area contributed by atoms with Gasteiger partial charge in [-0.1, -0.05) is 6.42 Å². The minimum atomic E-state index is -3.77. The first-order valence-electron chi connectivity index (χ1n) is 4.79. The number of sulfonamides is 1. The van der Waals surface area contributed by atoms with E-state index in [0.717, 1.165) is 17.1 Å². The molecule has 0 spiro atoms. The van der Waals surface area contributed by atoms with Crippen molar-refractivity contribution in [3.05, 3.63) is 0 Å². The first-order chi connectivity index (χ1) is 6.97. The molecule has 1 fully saturated rings. The molecule has 0 aliphatic carbocycles. The van der Waals surface area contributed by atoms with E-state index in [2.05, 4.69) is 0 Å². The minimum Gasteiger partial charge on any atom is -0.480 e. The minimum absolute atomic E-state index is 0.251. The van der Waals surface area contributed by atoms with Crippen LogP contribution in [0, 0.1) is 0 Å². The molecule has 7 heteroatoms. The molecule has 1 saturated heterocycles. The van der Waals surface area contributed by atoms with Crippen LogP contribution in [0.1, 0.15) is 19.3 Å². The molecule has 1 heterocycles. The lowest BCUT2D eigenvalue weighted by atomic mass is 10.1. The van der Waals surface area contributed by atoms with E-state index in [4.69, 9.17) is 10.2 Å². The average molecular weight is 237 g/mol. The van der Waals surface area contributed by atoms with Gasteiger partial charge in [-0.05, 0) is 12.8 Å². The first kappa shape index (κ1) is 12.4. The number of carboxylic acid groups (broad SMARTS) is 1. The Morgan fingerprint density at radius 3 is 2.60 bits per heavy atom. The molecule has 6 nitrogen and oxygen atoms in total. The summed E-state index contributed by atoms with van der Waals surface area (Å²) < 4.78 is 24.3. The topological polar surface area (TPSA) is 94.9 Å². The molecule has 88 valence electrons. The van der Waals surface area contributed by atoms with E-state index >= 15 is 0 Å². The van der Waals surface area contributed by atoms with Crippen molar-refractivity contribution in [2.24, 2.45) is 0 Å². The number of piperidine rings is 1. The molecule has 15 heavy (non-hydrogen) atoms. The molecule has 1 rings (SSSR count). The van der Waals surface area contributed by atoms with Crippen molar-refractivity contribution in [3.8, 4) is 0 Å². The fourth-order valence-corrected chi connectivity index (χ4v) is 3.27. The average Bonchev–Trinajstić information content (AvgIpc) is 2.16. The van der Waals surface area contributed by atoms with Crippen molar-refractivity contribution in [2.45, 2.75) is 25.3 Å². The highest BCUT2D eigenvalue weighted by Crippen LogP contribution is 2.20. The molecule has 0 bridgehead atoms.